The third-order valence-electron chi connectivity index (χ3n) is 2.68. The molecule has 0 spiro atoms. The van der Waals surface area contributed by atoms with E-state index in [1.165, 1.54) is 22.5 Å². The number of rotatable bonds is 3. The summed E-state index contributed by atoms with van der Waals surface area (Å²) in [4.78, 5) is 25.2. The van der Waals surface area contributed by atoms with Crippen molar-refractivity contribution in [3.05, 3.63) is 32.6 Å². The lowest BCUT2D eigenvalue weighted by atomic mass is 10.3. The van der Waals surface area contributed by atoms with Crippen LogP contribution in [-0.4, -0.2) is 44.5 Å². The molecule has 18 heavy (non-hydrogen) atoms. The maximum atomic E-state index is 11.7. The van der Waals surface area contributed by atoms with E-state index in [-0.39, 0.29) is 13.2 Å². The van der Waals surface area contributed by atoms with E-state index in [2.05, 4.69) is 4.98 Å². The number of ether oxygens (including phenoxy) is 1. The van der Waals surface area contributed by atoms with Gasteiger partial charge in [-0.3, -0.25) is 14.3 Å². The number of nitrogens with one attached hydrogen (secondary N) is 1. The Kier molecular flexibility index (Phi) is 3.91. The van der Waals surface area contributed by atoms with Gasteiger partial charge in [0, 0.05) is 11.8 Å². The molecule has 1 aromatic rings. The van der Waals surface area contributed by atoms with Gasteiger partial charge in [0.25, 0.3) is 5.56 Å². The van der Waals surface area contributed by atoms with Crippen LogP contribution in [0.1, 0.15) is 10.9 Å². The molecule has 0 aliphatic carbocycles. The van der Waals surface area contributed by atoms with E-state index in [9.17, 15) is 14.7 Å². The van der Waals surface area contributed by atoms with Crippen molar-refractivity contribution in [3.8, 4) is 0 Å². The predicted octanol–water partition coefficient (Wildman–Crippen LogP) is -1.21. The van der Waals surface area contributed by atoms with Gasteiger partial charge in [-0.25, -0.2) is 4.79 Å². The normalized spacial score (nSPS) is 27.6. The number of nitrogens with zero attached hydrogens (tertiary/aromatic N) is 1. The average Bonchev–Trinajstić information content (AvgIpc) is 2.77. The first-order valence-corrected chi connectivity index (χ1v) is 6.35. The molecule has 7 nitrogen and oxygen atoms in total. The van der Waals surface area contributed by atoms with Gasteiger partial charge < -0.3 is 14.9 Å². The maximum absolute atomic E-state index is 11.7. The first kappa shape index (κ1) is 13.3. The summed E-state index contributed by atoms with van der Waals surface area (Å²) < 4.78 is 6.68. The SMILES string of the molecule is Cc1cn([C@@H]2S[C@@H](CO)O[C@H]2CO)c(=O)[nH]c1=O. The molecule has 3 N–H and O–H groups in total. The summed E-state index contributed by atoms with van der Waals surface area (Å²) in [6.45, 7) is 1.13. The molecule has 0 aromatic carbocycles. The van der Waals surface area contributed by atoms with Crippen LogP contribution in [0.5, 0.6) is 0 Å². The highest BCUT2D eigenvalue weighted by Gasteiger charge is 2.37. The number of hydrogen-bond donors (Lipinski definition) is 3. The van der Waals surface area contributed by atoms with Crippen LogP contribution in [0.3, 0.4) is 0 Å². The molecule has 1 saturated heterocycles. The summed E-state index contributed by atoms with van der Waals surface area (Å²) >= 11 is 1.23. The third kappa shape index (κ3) is 2.37. The van der Waals surface area contributed by atoms with Crippen LogP contribution in [0.2, 0.25) is 0 Å². The highest BCUT2D eigenvalue weighted by atomic mass is 32.2. The quantitative estimate of drug-likeness (QED) is 0.638. The lowest BCUT2D eigenvalue weighted by molar-refractivity contribution is -0.0126. The van der Waals surface area contributed by atoms with Crippen LogP contribution in [0, 0.1) is 6.92 Å². The van der Waals surface area contributed by atoms with Crippen molar-refractivity contribution < 1.29 is 14.9 Å². The standard InChI is InChI=1S/C10H14N2O5S/c1-5-2-12(10(16)11-8(5)15)9-6(3-13)17-7(4-14)18-9/h2,6-7,9,13-14H,3-4H2,1H3,(H,11,15,16)/t6-,7-,9+/m0/s1. The van der Waals surface area contributed by atoms with Gasteiger partial charge in [-0.1, -0.05) is 11.8 Å². The largest absolute Gasteiger partial charge is 0.394 e. The number of aliphatic hydroxyl groups is 2. The fourth-order valence-electron chi connectivity index (χ4n) is 1.78. The Morgan fingerprint density at radius 2 is 2.17 bits per heavy atom. The molecule has 0 unspecified atom stereocenters. The van der Waals surface area contributed by atoms with E-state index in [1.807, 2.05) is 0 Å². The highest BCUT2D eigenvalue weighted by Crippen LogP contribution is 2.39. The summed E-state index contributed by atoms with van der Waals surface area (Å²) in [6.07, 6.45) is 0.847. The average molecular weight is 274 g/mol. The lowest BCUT2D eigenvalue weighted by Gasteiger charge is -2.17. The van der Waals surface area contributed by atoms with Crippen molar-refractivity contribution in [3.63, 3.8) is 0 Å². The van der Waals surface area contributed by atoms with Crippen LogP contribution in [0.15, 0.2) is 15.8 Å². The van der Waals surface area contributed by atoms with Crippen LogP contribution in [-0.2, 0) is 4.74 Å². The Balaban J connectivity index is 2.39. The zero-order valence-electron chi connectivity index (χ0n) is 9.70. The zero-order chi connectivity index (χ0) is 13.3. The molecular weight excluding hydrogens is 260 g/mol. The van der Waals surface area contributed by atoms with Crippen molar-refractivity contribution in [1.29, 1.82) is 0 Å². The molecule has 0 bridgehead atoms. The Hall–Kier alpha value is -1.09. The van der Waals surface area contributed by atoms with Gasteiger partial charge in [-0.15, -0.1) is 0 Å². The topological polar surface area (TPSA) is 105 Å². The Morgan fingerprint density at radius 1 is 1.44 bits per heavy atom. The van der Waals surface area contributed by atoms with Crippen LogP contribution >= 0.6 is 11.8 Å². The fourth-order valence-corrected chi connectivity index (χ4v) is 2.99. The monoisotopic (exact) mass is 274 g/mol. The maximum Gasteiger partial charge on any atom is 0.329 e. The molecule has 0 saturated carbocycles. The van der Waals surface area contributed by atoms with Crippen molar-refractivity contribution in [2.45, 2.75) is 23.8 Å². The lowest BCUT2D eigenvalue weighted by Crippen LogP contribution is -2.36. The number of aryl methyl sites for hydroxylation is 1. The molecule has 3 atom stereocenters. The van der Waals surface area contributed by atoms with Crippen LogP contribution in [0.4, 0.5) is 0 Å². The van der Waals surface area contributed by atoms with Crippen molar-refractivity contribution in [2.24, 2.45) is 0 Å². The minimum atomic E-state index is -0.588. The second-order valence-electron chi connectivity index (χ2n) is 3.97. The van der Waals surface area contributed by atoms with Gasteiger partial charge >= 0.3 is 5.69 Å². The molecule has 100 valence electrons. The molecule has 1 aliphatic rings. The molecule has 2 heterocycles. The van der Waals surface area contributed by atoms with Gasteiger partial charge in [0.15, 0.2) is 0 Å². The summed E-state index contributed by atoms with van der Waals surface area (Å²) in [7, 11) is 0. The van der Waals surface area contributed by atoms with Gasteiger partial charge in [0.1, 0.15) is 16.9 Å². The molecule has 2 rings (SSSR count). The number of H-pyrrole nitrogens is 1. The van der Waals surface area contributed by atoms with E-state index in [0.29, 0.717) is 5.56 Å². The molecule has 1 fully saturated rings. The van der Waals surface area contributed by atoms with E-state index in [4.69, 9.17) is 9.84 Å². The second kappa shape index (κ2) is 5.27. The smallest absolute Gasteiger partial charge is 0.329 e. The zero-order valence-corrected chi connectivity index (χ0v) is 10.5. The Bertz CT molecular complexity index is 540. The number of thioether (sulfide) groups is 1. The first-order valence-electron chi connectivity index (χ1n) is 5.41. The second-order valence-corrected chi connectivity index (χ2v) is 5.26. The van der Waals surface area contributed by atoms with Gasteiger partial charge in [0.05, 0.1) is 13.2 Å². The first-order chi connectivity index (χ1) is 8.56. The van der Waals surface area contributed by atoms with Crippen molar-refractivity contribution in [2.75, 3.05) is 13.2 Å². The molecule has 0 amide bonds. The third-order valence-corrected chi connectivity index (χ3v) is 4.06. The predicted molar refractivity (Wildman–Crippen MR) is 65.5 cm³/mol. The summed E-state index contributed by atoms with van der Waals surface area (Å²) in [5.74, 6) is 0. The van der Waals surface area contributed by atoms with Crippen LogP contribution < -0.4 is 11.2 Å². The fraction of sp³-hybridized carbons (Fsp3) is 0.600. The minimum Gasteiger partial charge on any atom is -0.394 e. The number of aromatic nitrogens is 2. The van der Waals surface area contributed by atoms with Gasteiger partial charge in [0.2, 0.25) is 0 Å². The summed E-state index contributed by atoms with van der Waals surface area (Å²) in [5, 5.41) is 17.8. The van der Waals surface area contributed by atoms with Gasteiger partial charge in [-0.05, 0) is 6.92 Å². The molecule has 1 aliphatic heterocycles. The molecular formula is C10H14N2O5S. The highest BCUT2D eigenvalue weighted by molar-refractivity contribution is 8.00. The van der Waals surface area contributed by atoms with Crippen LogP contribution in [0.25, 0.3) is 0 Å². The molecule has 8 heteroatoms. The van der Waals surface area contributed by atoms with Gasteiger partial charge in [-0.2, -0.15) is 0 Å². The Morgan fingerprint density at radius 3 is 2.78 bits per heavy atom. The molecule has 1 aromatic heterocycles. The minimum absolute atomic E-state index is 0.200. The van der Waals surface area contributed by atoms with Crippen molar-refractivity contribution in [1.82, 2.24) is 9.55 Å². The number of aromatic amines is 1. The van der Waals surface area contributed by atoms with E-state index in [0.717, 1.165) is 0 Å². The van der Waals surface area contributed by atoms with E-state index < -0.39 is 28.2 Å². The number of hydrogen-bond acceptors (Lipinski definition) is 6. The van der Waals surface area contributed by atoms with E-state index >= 15 is 0 Å². The molecule has 0 radical (unpaired) electrons. The van der Waals surface area contributed by atoms with Crippen molar-refractivity contribution >= 4 is 11.8 Å². The van der Waals surface area contributed by atoms with E-state index in [1.54, 1.807) is 6.92 Å². The summed E-state index contributed by atoms with van der Waals surface area (Å²) in [5.41, 5.74) is -1.06. The summed E-state index contributed by atoms with van der Waals surface area (Å²) in [6, 6.07) is 0. The number of aliphatic hydroxyl groups excluding tert-OH is 2. The Labute approximate surface area is 106 Å².